The van der Waals surface area contributed by atoms with Crippen molar-refractivity contribution in [2.45, 2.75) is 19.8 Å². The molecule has 0 aliphatic rings. The number of H-pyrrole nitrogens is 1. The first kappa shape index (κ1) is 23.7. The third kappa shape index (κ3) is 6.72. The molecule has 2 aromatic carbocycles. The highest BCUT2D eigenvalue weighted by Gasteiger charge is 2.05. The summed E-state index contributed by atoms with van der Waals surface area (Å²) in [5.74, 6) is 1.66. The van der Waals surface area contributed by atoms with Crippen molar-refractivity contribution in [3.8, 4) is 0 Å². The number of hydrogen-bond donors (Lipinski definition) is 4. The fourth-order valence-electron chi connectivity index (χ4n) is 3.08. The maximum absolute atomic E-state index is 11.8. The Kier molecular flexibility index (Phi) is 9.59. The van der Waals surface area contributed by atoms with Gasteiger partial charge in [0.1, 0.15) is 5.82 Å². The standard InChI is InChI=1S/C22H28N6O.HI/c1-3-24-22(25-13-11-16-7-6-8-17(15-16)21(29)23-2)26-14-12-20-27-18-9-4-5-10-19(18)28-20;/h4-10,15H,3,11-14H2,1-2H3,(H,23,29)(H,27,28)(H2,24,25,26);1H. The van der Waals surface area contributed by atoms with E-state index in [4.69, 9.17) is 0 Å². The molecule has 160 valence electrons. The van der Waals surface area contributed by atoms with Gasteiger partial charge in [0.2, 0.25) is 0 Å². The molecule has 1 amide bonds. The number of benzene rings is 2. The van der Waals surface area contributed by atoms with Crippen LogP contribution < -0.4 is 16.0 Å². The Hall–Kier alpha value is -2.62. The van der Waals surface area contributed by atoms with Gasteiger partial charge in [0, 0.05) is 38.7 Å². The van der Waals surface area contributed by atoms with Crippen molar-refractivity contribution in [1.29, 1.82) is 0 Å². The van der Waals surface area contributed by atoms with Crippen LogP contribution in [0.5, 0.6) is 0 Å². The number of nitrogens with zero attached hydrogens (tertiary/aromatic N) is 2. The molecule has 0 radical (unpaired) electrons. The Morgan fingerprint density at radius 3 is 2.70 bits per heavy atom. The first-order valence-corrected chi connectivity index (χ1v) is 9.96. The lowest BCUT2D eigenvalue weighted by molar-refractivity contribution is 0.0963. The molecule has 0 bridgehead atoms. The molecule has 1 aromatic heterocycles. The number of imidazole rings is 1. The number of aromatic amines is 1. The lowest BCUT2D eigenvalue weighted by Gasteiger charge is -2.11. The zero-order chi connectivity index (χ0) is 20.5. The minimum absolute atomic E-state index is 0. The van der Waals surface area contributed by atoms with Crippen LogP contribution in [0.4, 0.5) is 0 Å². The van der Waals surface area contributed by atoms with Gasteiger partial charge in [0.25, 0.3) is 5.91 Å². The summed E-state index contributed by atoms with van der Waals surface area (Å²) in [7, 11) is 1.64. The molecule has 0 saturated carbocycles. The quantitative estimate of drug-likeness (QED) is 0.209. The molecule has 0 atom stereocenters. The largest absolute Gasteiger partial charge is 0.357 e. The van der Waals surface area contributed by atoms with Gasteiger partial charge < -0.3 is 20.9 Å². The van der Waals surface area contributed by atoms with Crippen LogP contribution in [0.15, 0.2) is 53.5 Å². The Morgan fingerprint density at radius 2 is 1.93 bits per heavy atom. The number of aliphatic imine (C=N–C) groups is 1. The molecule has 8 heteroatoms. The Labute approximate surface area is 194 Å². The second-order valence-electron chi connectivity index (χ2n) is 6.67. The van der Waals surface area contributed by atoms with Gasteiger partial charge in [0.05, 0.1) is 11.0 Å². The number of halogens is 1. The lowest BCUT2D eigenvalue weighted by Crippen LogP contribution is -2.38. The van der Waals surface area contributed by atoms with Crippen molar-refractivity contribution in [2.24, 2.45) is 4.99 Å². The normalized spacial score (nSPS) is 11.1. The highest BCUT2D eigenvalue weighted by Crippen LogP contribution is 2.10. The second-order valence-corrected chi connectivity index (χ2v) is 6.67. The average Bonchev–Trinajstić information content (AvgIpc) is 3.16. The highest BCUT2D eigenvalue weighted by molar-refractivity contribution is 14.0. The van der Waals surface area contributed by atoms with E-state index in [1.807, 2.05) is 55.5 Å². The van der Waals surface area contributed by atoms with E-state index in [-0.39, 0.29) is 29.9 Å². The molecule has 7 nitrogen and oxygen atoms in total. The molecule has 30 heavy (non-hydrogen) atoms. The first-order valence-electron chi connectivity index (χ1n) is 9.96. The maximum Gasteiger partial charge on any atom is 0.251 e. The minimum atomic E-state index is -0.0692. The summed E-state index contributed by atoms with van der Waals surface area (Å²) >= 11 is 0. The van der Waals surface area contributed by atoms with Gasteiger partial charge in [-0.25, -0.2) is 4.98 Å². The van der Waals surface area contributed by atoms with Gasteiger partial charge in [-0.3, -0.25) is 9.79 Å². The van der Waals surface area contributed by atoms with E-state index in [1.54, 1.807) is 7.05 Å². The van der Waals surface area contributed by atoms with E-state index in [0.717, 1.165) is 54.3 Å². The number of fused-ring (bicyclic) bond motifs is 1. The average molecular weight is 520 g/mol. The molecule has 0 spiro atoms. The Bertz CT molecular complexity index is 951. The van der Waals surface area contributed by atoms with E-state index in [0.29, 0.717) is 12.1 Å². The summed E-state index contributed by atoms with van der Waals surface area (Å²) in [4.78, 5) is 24.3. The molecule has 4 N–H and O–H groups in total. The minimum Gasteiger partial charge on any atom is -0.357 e. The van der Waals surface area contributed by atoms with Crippen LogP contribution in [-0.4, -0.2) is 48.5 Å². The topological polar surface area (TPSA) is 94.2 Å². The van der Waals surface area contributed by atoms with Crippen LogP contribution in [0.25, 0.3) is 11.0 Å². The molecule has 0 aliphatic heterocycles. The molecule has 1 heterocycles. The Morgan fingerprint density at radius 1 is 1.10 bits per heavy atom. The van der Waals surface area contributed by atoms with Crippen LogP contribution in [0.2, 0.25) is 0 Å². The summed E-state index contributed by atoms with van der Waals surface area (Å²) in [6.07, 6.45) is 1.55. The molecular formula is C22H29IN6O. The van der Waals surface area contributed by atoms with Gasteiger partial charge >= 0.3 is 0 Å². The smallest absolute Gasteiger partial charge is 0.251 e. The number of carbonyl (C=O) groups excluding carboxylic acids is 1. The van der Waals surface area contributed by atoms with E-state index in [9.17, 15) is 4.79 Å². The molecule has 0 unspecified atom stereocenters. The first-order chi connectivity index (χ1) is 14.2. The van der Waals surface area contributed by atoms with Crippen LogP contribution in [0.3, 0.4) is 0 Å². The van der Waals surface area contributed by atoms with E-state index in [2.05, 4.69) is 30.9 Å². The highest BCUT2D eigenvalue weighted by atomic mass is 127. The molecule has 0 saturated heterocycles. The fourth-order valence-corrected chi connectivity index (χ4v) is 3.08. The molecule has 3 rings (SSSR count). The molecular weight excluding hydrogens is 491 g/mol. The van der Waals surface area contributed by atoms with E-state index < -0.39 is 0 Å². The van der Waals surface area contributed by atoms with Crippen LogP contribution in [0.1, 0.15) is 28.7 Å². The Balaban J connectivity index is 0.00000320. The van der Waals surface area contributed by atoms with Gasteiger partial charge in [-0.05, 0) is 43.2 Å². The summed E-state index contributed by atoms with van der Waals surface area (Å²) in [5.41, 5.74) is 3.82. The molecule has 0 aliphatic carbocycles. The van der Waals surface area contributed by atoms with Crippen molar-refractivity contribution >= 4 is 46.9 Å². The third-order valence-electron chi connectivity index (χ3n) is 4.52. The third-order valence-corrected chi connectivity index (χ3v) is 4.52. The second kappa shape index (κ2) is 12.2. The maximum atomic E-state index is 11.8. The van der Waals surface area contributed by atoms with Crippen LogP contribution >= 0.6 is 24.0 Å². The van der Waals surface area contributed by atoms with Crippen molar-refractivity contribution < 1.29 is 4.79 Å². The predicted molar refractivity (Wildman–Crippen MR) is 133 cm³/mol. The van der Waals surface area contributed by atoms with Crippen LogP contribution in [0, 0.1) is 0 Å². The molecule has 0 fully saturated rings. The monoisotopic (exact) mass is 520 g/mol. The van der Waals surface area contributed by atoms with Gasteiger partial charge in [-0.2, -0.15) is 0 Å². The summed E-state index contributed by atoms with van der Waals surface area (Å²) < 4.78 is 0. The number of rotatable bonds is 8. The van der Waals surface area contributed by atoms with Crippen molar-refractivity contribution in [3.05, 3.63) is 65.5 Å². The summed E-state index contributed by atoms with van der Waals surface area (Å²) in [6.45, 7) is 4.21. The summed E-state index contributed by atoms with van der Waals surface area (Å²) in [6, 6.07) is 15.7. The number of amides is 1. The van der Waals surface area contributed by atoms with Gasteiger partial charge in [0.15, 0.2) is 5.96 Å². The number of hydrogen-bond acceptors (Lipinski definition) is 3. The van der Waals surface area contributed by atoms with E-state index >= 15 is 0 Å². The van der Waals surface area contributed by atoms with Gasteiger partial charge in [-0.15, -0.1) is 24.0 Å². The molecule has 3 aromatic rings. The van der Waals surface area contributed by atoms with Crippen molar-refractivity contribution in [1.82, 2.24) is 25.9 Å². The lowest BCUT2D eigenvalue weighted by atomic mass is 10.1. The number of carbonyl (C=O) groups is 1. The van der Waals surface area contributed by atoms with E-state index in [1.165, 1.54) is 0 Å². The SMILES string of the molecule is CCNC(=NCCc1nc2ccccc2[nH]1)NCCc1cccc(C(=O)NC)c1.I. The number of para-hydroxylation sites is 2. The zero-order valence-corrected chi connectivity index (χ0v) is 19.7. The van der Waals surface area contributed by atoms with Gasteiger partial charge in [-0.1, -0.05) is 24.3 Å². The summed E-state index contributed by atoms with van der Waals surface area (Å²) in [5, 5.41) is 9.27. The number of aromatic nitrogens is 2. The van der Waals surface area contributed by atoms with Crippen LogP contribution in [-0.2, 0) is 12.8 Å². The zero-order valence-electron chi connectivity index (χ0n) is 17.4. The fraction of sp³-hybridized carbons (Fsp3) is 0.318. The van der Waals surface area contributed by atoms with Crippen molar-refractivity contribution in [2.75, 3.05) is 26.7 Å². The number of guanidine groups is 1. The number of nitrogens with one attached hydrogen (secondary N) is 4. The van der Waals surface area contributed by atoms with Crippen molar-refractivity contribution in [3.63, 3.8) is 0 Å². The predicted octanol–water partition coefficient (Wildman–Crippen LogP) is 2.88.